The molecule has 0 atom stereocenters. The monoisotopic (exact) mass is 361 g/mol. The summed E-state index contributed by atoms with van der Waals surface area (Å²) >= 11 is 1.67. The average molecular weight is 361 g/mol. The van der Waals surface area contributed by atoms with Gasteiger partial charge in [-0.25, -0.2) is 4.68 Å². The van der Waals surface area contributed by atoms with Crippen molar-refractivity contribution in [1.29, 1.82) is 0 Å². The van der Waals surface area contributed by atoms with Crippen LogP contribution in [0.2, 0.25) is 0 Å². The number of nitrogens with zero attached hydrogens (tertiary/aromatic N) is 5. The molecule has 0 radical (unpaired) electrons. The van der Waals surface area contributed by atoms with Crippen LogP contribution in [0.5, 0.6) is 0 Å². The summed E-state index contributed by atoms with van der Waals surface area (Å²) in [5.74, 6) is 1.69. The van der Waals surface area contributed by atoms with E-state index in [0.29, 0.717) is 0 Å². The van der Waals surface area contributed by atoms with Gasteiger partial charge in [-0.1, -0.05) is 60.3 Å². The van der Waals surface area contributed by atoms with Crippen molar-refractivity contribution in [1.82, 2.24) is 24.5 Å². The molecule has 0 spiro atoms. The molecule has 0 amide bonds. The molecular weight excluding hydrogens is 342 g/mol. The fourth-order valence-corrected chi connectivity index (χ4v) is 3.64. The Balaban J connectivity index is 1.70. The molecule has 0 saturated heterocycles. The lowest BCUT2D eigenvalue weighted by Crippen LogP contribution is -1.94. The lowest BCUT2D eigenvalue weighted by Gasteiger charge is -2.03. The second-order valence-corrected chi connectivity index (χ2v) is 6.97. The molecule has 4 rings (SSSR count). The molecule has 130 valence electrons. The summed E-state index contributed by atoms with van der Waals surface area (Å²) < 4.78 is 3.95. The van der Waals surface area contributed by atoms with Gasteiger partial charge in [-0.3, -0.25) is 0 Å². The maximum atomic E-state index is 4.85. The van der Waals surface area contributed by atoms with Gasteiger partial charge in [-0.15, -0.1) is 10.2 Å². The molecule has 0 fully saturated rings. The predicted molar refractivity (Wildman–Crippen MR) is 104 cm³/mol. The zero-order valence-electron chi connectivity index (χ0n) is 14.7. The minimum atomic E-state index is 0.781. The van der Waals surface area contributed by atoms with Crippen LogP contribution in [0.1, 0.15) is 11.4 Å². The molecule has 0 aliphatic carbocycles. The third-order valence-electron chi connectivity index (χ3n) is 4.27. The van der Waals surface area contributed by atoms with E-state index in [1.54, 1.807) is 11.8 Å². The number of rotatable bonds is 5. The van der Waals surface area contributed by atoms with E-state index in [1.165, 1.54) is 5.56 Å². The van der Waals surface area contributed by atoms with Gasteiger partial charge in [0, 0.05) is 30.1 Å². The van der Waals surface area contributed by atoms with Gasteiger partial charge in [0.2, 0.25) is 0 Å². The van der Waals surface area contributed by atoms with Crippen molar-refractivity contribution in [2.75, 3.05) is 0 Å². The van der Waals surface area contributed by atoms with Gasteiger partial charge in [0.15, 0.2) is 5.16 Å². The van der Waals surface area contributed by atoms with Crippen molar-refractivity contribution >= 4 is 11.8 Å². The highest BCUT2D eigenvalue weighted by molar-refractivity contribution is 7.98. The van der Waals surface area contributed by atoms with Crippen LogP contribution in [0.15, 0.2) is 72.0 Å². The molecule has 0 unspecified atom stereocenters. The topological polar surface area (TPSA) is 48.5 Å². The summed E-state index contributed by atoms with van der Waals surface area (Å²) in [5, 5.41) is 14.1. The Hall–Kier alpha value is -2.86. The van der Waals surface area contributed by atoms with Gasteiger partial charge in [-0.2, -0.15) is 5.10 Å². The molecule has 6 heteroatoms. The van der Waals surface area contributed by atoms with Crippen LogP contribution in [0, 0.1) is 6.92 Å². The first-order valence-electron chi connectivity index (χ1n) is 8.40. The minimum Gasteiger partial charge on any atom is -0.309 e. The zero-order chi connectivity index (χ0) is 17.9. The maximum absolute atomic E-state index is 4.85. The van der Waals surface area contributed by atoms with E-state index in [9.17, 15) is 0 Å². The van der Waals surface area contributed by atoms with Crippen LogP contribution in [0.25, 0.3) is 16.9 Å². The highest BCUT2D eigenvalue weighted by Crippen LogP contribution is 2.29. The number of thioether (sulfide) groups is 1. The number of para-hydroxylation sites is 1. The van der Waals surface area contributed by atoms with Crippen molar-refractivity contribution in [2.24, 2.45) is 7.05 Å². The van der Waals surface area contributed by atoms with Crippen LogP contribution < -0.4 is 0 Å². The fourth-order valence-electron chi connectivity index (χ4n) is 2.72. The molecule has 0 aliphatic heterocycles. The largest absolute Gasteiger partial charge is 0.309 e. The SMILES string of the molecule is Cc1nnc(SCc2cn(-c3ccccc3)nc2-c2ccccc2)n1C. The third kappa shape index (κ3) is 3.28. The summed E-state index contributed by atoms with van der Waals surface area (Å²) in [5.41, 5.74) is 4.34. The molecule has 2 aromatic carbocycles. The Labute approximate surface area is 156 Å². The zero-order valence-corrected chi connectivity index (χ0v) is 15.5. The first kappa shape index (κ1) is 16.6. The lowest BCUT2D eigenvalue weighted by atomic mass is 10.1. The number of hydrogen-bond acceptors (Lipinski definition) is 4. The Bertz CT molecular complexity index is 1010. The van der Waals surface area contributed by atoms with Crippen molar-refractivity contribution in [3.05, 3.63) is 78.2 Å². The second-order valence-electron chi connectivity index (χ2n) is 6.03. The lowest BCUT2D eigenvalue weighted by molar-refractivity contribution is 0.765. The Morgan fingerprint density at radius 1 is 0.923 bits per heavy atom. The van der Waals surface area contributed by atoms with Crippen molar-refractivity contribution < 1.29 is 0 Å². The highest BCUT2D eigenvalue weighted by Gasteiger charge is 2.14. The van der Waals surface area contributed by atoms with Crippen molar-refractivity contribution in [3.8, 4) is 16.9 Å². The van der Waals surface area contributed by atoms with Gasteiger partial charge in [0.25, 0.3) is 0 Å². The fraction of sp³-hybridized carbons (Fsp3) is 0.150. The van der Waals surface area contributed by atoms with Gasteiger partial charge < -0.3 is 4.57 Å². The maximum Gasteiger partial charge on any atom is 0.191 e. The second kappa shape index (κ2) is 7.17. The Morgan fingerprint density at radius 2 is 1.62 bits per heavy atom. The van der Waals surface area contributed by atoms with E-state index >= 15 is 0 Å². The molecule has 4 aromatic rings. The number of benzene rings is 2. The molecule has 0 aliphatic rings. The van der Waals surface area contributed by atoms with Crippen LogP contribution >= 0.6 is 11.8 Å². The van der Waals surface area contributed by atoms with Crippen molar-refractivity contribution in [3.63, 3.8) is 0 Å². The smallest absolute Gasteiger partial charge is 0.191 e. The molecule has 0 bridgehead atoms. The highest BCUT2D eigenvalue weighted by atomic mass is 32.2. The molecular formula is C20H19N5S. The average Bonchev–Trinajstić information content (AvgIpc) is 3.26. The van der Waals surface area contributed by atoms with Crippen LogP contribution in [-0.4, -0.2) is 24.5 Å². The summed E-state index contributed by atoms with van der Waals surface area (Å²) in [6, 6.07) is 20.5. The number of hydrogen-bond donors (Lipinski definition) is 0. The molecule has 0 saturated carbocycles. The molecule has 26 heavy (non-hydrogen) atoms. The minimum absolute atomic E-state index is 0.781. The first-order chi connectivity index (χ1) is 12.7. The first-order valence-corrected chi connectivity index (χ1v) is 9.39. The van der Waals surface area contributed by atoms with Gasteiger partial charge >= 0.3 is 0 Å². The molecule has 2 aromatic heterocycles. The molecule has 0 N–H and O–H groups in total. The van der Waals surface area contributed by atoms with Crippen LogP contribution in [0.4, 0.5) is 0 Å². The summed E-state index contributed by atoms with van der Waals surface area (Å²) in [4.78, 5) is 0. The standard InChI is InChI=1S/C20H19N5S/c1-15-21-22-20(24(15)2)26-14-17-13-25(18-11-7-4-8-12-18)23-19(17)16-9-5-3-6-10-16/h3-13H,14H2,1-2H3. The Morgan fingerprint density at radius 3 is 2.27 bits per heavy atom. The van der Waals surface area contributed by atoms with Crippen molar-refractivity contribution in [2.45, 2.75) is 17.8 Å². The van der Waals surface area contributed by atoms with Gasteiger partial charge in [0.05, 0.1) is 11.4 Å². The van der Waals surface area contributed by atoms with E-state index in [2.05, 4.69) is 40.7 Å². The van der Waals surface area contributed by atoms with E-state index in [-0.39, 0.29) is 0 Å². The summed E-state index contributed by atoms with van der Waals surface area (Å²) in [7, 11) is 1.99. The van der Waals surface area contributed by atoms with Gasteiger partial charge in [0.1, 0.15) is 5.82 Å². The Kier molecular flexibility index (Phi) is 4.58. The predicted octanol–water partition coefficient (Wildman–Crippen LogP) is 4.27. The molecule has 2 heterocycles. The normalized spacial score (nSPS) is 11.0. The van der Waals surface area contributed by atoms with E-state index in [4.69, 9.17) is 5.10 Å². The number of aromatic nitrogens is 5. The molecule has 5 nitrogen and oxygen atoms in total. The van der Waals surface area contributed by atoms with Gasteiger partial charge in [-0.05, 0) is 19.1 Å². The quantitative estimate of drug-likeness (QED) is 0.498. The number of aryl methyl sites for hydroxylation is 1. The van der Waals surface area contributed by atoms with E-state index in [1.807, 2.05) is 59.6 Å². The summed E-state index contributed by atoms with van der Waals surface area (Å²) in [6.45, 7) is 1.96. The van der Waals surface area contributed by atoms with E-state index in [0.717, 1.165) is 33.7 Å². The third-order valence-corrected chi connectivity index (χ3v) is 5.34. The van der Waals surface area contributed by atoms with E-state index < -0.39 is 0 Å². The summed E-state index contributed by atoms with van der Waals surface area (Å²) in [6.07, 6.45) is 2.11. The van der Waals surface area contributed by atoms with Crippen LogP contribution in [0.3, 0.4) is 0 Å². The van der Waals surface area contributed by atoms with Crippen LogP contribution in [-0.2, 0) is 12.8 Å².